The third-order valence-corrected chi connectivity index (χ3v) is 6.24. The van der Waals surface area contributed by atoms with Gasteiger partial charge in [0.15, 0.2) is 0 Å². The molecule has 0 radical (unpaired) electrons. The quantitative estimate of drug-likeness (QED) is 0.849. The normalized spacial score (nSPS) is 23.1. The smallest absolute Gasteiger partial charge is 0.223 e. The van der Waals surface area contributed by atoms with E-state index in [2.05, 4.69) is 10.00 Å². The minimum atomic E-state index is -0.197. The van der Waals surface area contributed by atoms with Crippen LogP contribution in [-0.2, 0) is 18.4 Å². The van der Waals surface area contributed by atoms with Crippen molar-refractivity contribution >= 4 is 5.91 Å². The lowest BCUT2D eigenvalue weighted by Crippen LogP contribution is -2.53. The monoisotopic (exact) mass is 356 g/mol. The molecule has 138 valence electrons. The van der Waals surface area contributed by atoms with Crippen LogP contribution < -0.4 is 0 Å². The van der Waals surface area contributed by atoms with E-state index in [0.29, 0.717) is 6.42 Å². The van der Waals surface area contributed by atoms with Gasteiger partial charge in [-0.1, -0.05) is 12.1 Å². The Balaban J connectivity index is 1.50. The van der Waals surface area contributed by atoms with Crippen molar-refractivity contribution in [3.63, 3.8) is 0 Å². The highest BCUT2D eigenvalue weighted by Crippen LogP contribution is 2.48. The van der Waals surface area contributed by atoms with E-state index in [1.165, 1.54) is 12.1 Å². The number of piperidine rings is 1. The number of aromatic nitrogens is 2. The Bertz CT molecular complexity index is 792. The SMILES string of the molecule is CN1C(=O)CC(c2cnn(C)c2)C12CCN(Cc1ccc(F)cc1)CC2. The highest BCUT2D eigenvalue weighted by Gasteiger charge is 2.52. The van der Waals surface area contributed by atoms with E-state index >= 15 is 0 Å². The van der Waals surface area contributed by atoms with E-state index in [1.54, 1.807) is 0 Å². The molecule has 26 heavy (non-hydrogen) atoms. The van der Waals surface area contributed by atoms with Crippen molar-refractivity contribution < 1.29 is 9.18 Å². The summed E-state index contributed by atoms with van der Waals surface area (Å²) in [6.07, 6.45) is 6.43. The van der Waals surface area contributed by atoms with Crippen LogP contribution in [0, 0.1) is 5.82 Å². The number of hydrogen-bond acceptors (Lipinski definition) is 3. The number of likely N-dealkylation sites (N-methyl/N-ethyl adjacent to an activating group) is 1. The summed E-state index contributed by atoms with van der Waals surface area (Å²) >= 11 is 0. The number of benzene rings is 1. The molecule has 2 fully saturated rings. The first-order valence-corrected chi connectivity index (χ1v) is 9.20. The number of hydrogen-bond donors (Lipinski definition) is 0. The Morgan fingerprint density at radius 2 is 1.88 bits per heavy atom. The summed E-state index contributed by atoms with van der Waals surface area (Å²) in [4.78, 5) is 16.9. The number of carbonyl (C=O) groups excluding carboxylic acids is 1. The summed E-state index contributed by atoms with van der Waals surface area (Å²) in [6, 6.07) is 6.73. The van der Waals surface area contributed by atoms with Crippen LogP contribution in [-0.4, -0.2) is 51.2 Å². The van der Waals surface area contributed by atoms with Gasteiger partial charge in [0, 0.05) is 52.3 Å². The molecule has 2 saturated heterocycles. The van der Waals surface area contributed by atoms with Crippen LogP contribution in [0.5, 0.6) is 0 Å². The molecule has 1 atom stereocenters. The van der Waals surface area contributed by atoms with Crippen LogP contribution in [0.25, 0.3) is 0 Å². The van der Waals surface area contributed by atoms with E-state index in [0.717, 1.165) is 43.6 Å². The molecule has 0 bridgehead atoms. The third kappa shape index (κ3) is 2.92. The van der Waals surface area contributed by atoms with Gasteiger partial charge in [0.1, 0.15) is 5.82 Å². The Morgan fingerprint density at radius 3 is 2.50 bits per heavy atom. The van der Waals surface area contributed by atoms with Gasteiger partial charge in [-0.3, -0.25) is 14.4 Å². The zero-order valence-electron chi connectivity index (χ0n) is 15.4. The maximum absolute atomic E-state index is 13.1. The summed E-state index contributed by atoms with van der Waals surface area (Å²) in [5, 5.41) is 4.31. The highest BCUT2D eigenvalue weighted by atomic mass is 19.1. The van der Waals surface area contributed by atoms with Gasteiger partial charge in [0.25, 0.3) is 0 Å². The van der Waals surface area contributed by atoms with Crippen molar-refractivity contribution in [3.05, 3.63) is 53.6 Å². The van der Waals surface area contributed by atoms with Gasteiger partial charge in [-0.25, -0.2) is 4.39 Å². The molecule has 1 spiro atoms. The zero-order valence-corrected chi connectivity index (χ0v) is 15.4. The molecule has 6 heteroatoms. The average Bonchev–Trinajstić information content (AvgIpc) is 3.16. The van der Waals surface area contributed by atoms with Gasteiger partial charge >= 0.3 is 0 Å². The molecule has 1 aromatic carbocycles. The van der Waals surface area contributed by atoms with Crippen molar-refractivity contribution in [2.75, 3.05) is 20.1 Å². The van der Waals surface area contributed by atoms with Crippen molar-refractivity contribution in [2.45, 2.75) is 37.3 Å². The molecule has 2 aliphatic rings. The molecule has 0 aliphatic carbocycles. The second-order valence-electron chi connectivity index (χ2n) is 7.66. The lowest BCUT2D eigenvalue weighted by Gasteiger charge is -2.46. The van der Waals surface area contributed by atoms with Crippen molar-refractivity contribution in [1.29, 1.82) is 0 Å². The second-order valence-corrected chi connectivity index (χ2v) is 7.66. The molecular weight excluding hydrogens is 331 g/mol. The number of carbonyl (C=O) groups is 1. The molecule has 5 nitrogen and oxygen atoms in total. The van der Waals surface area contributed by atoms with E-state index in [9.17, 15) is 9.18 Å². The molecule has 0 saturated carbocycles. The maximum Gasteiger partial charge on any atom is 0.223 e. The molecule has 2 aromatic rings. The number of aryl methyl sites for hydroxylation is 1. The van der Waals surface area contributed by atoms with E-state index in [-0.39, 0.29) is 23.2 Å². The highest BCUT2D eigenvalue weighted by molar-refractivity contribution is 5.81. The fourth-order valence-electron chi connectivity index (χ4n) is 4.66. The molecule has 3 heterocycles. The van der Waals surface area contributed by atoms with Crippen molar-refractivity contribution in [2.24, 2.45) is 7.05 Å². The second kappa shape index (κ2) is 6.50. The Hall–Kier alpha value is -2.21. The summed E-state index contributed by atoms with van der Waals surface area (Å²) in [7, 11) is 3.87. The van der Waals surface area contributed by atoms with Crippen LogP contribution in [0.3, 0.4) is 0 Å². The zero-order chi connectivity index (χ0) is 18.3. The molecular formula is C20H25FN4O. The molecule has 0 N–H and O–H groups in total. The first-order chi connectivity index (χ1) is 12.5. The predicted octanol–water partition coefficient (Wildman–Crippen LogP) is 2.54. The van der Waals surface area contributed by atoms with Crippen LogP contribution >= 0.6 is 0 Å². The lowest BCUT2D eigenvalue weighted by molar-refractivity contribution is -0.130. The van der Waals surface area contributed by atoms with Gasteiger partial charge in [-0.2, -0.15) is 5.10 Å². The van der Waals surface area contributed by atoms with Gasteiger partial charge < -0.3 is 4.90 Å². The standard InChI is InChI=1S/C20H25FN4O/c1-23-14-16(12-22-23)18-11-19(26)24(2)20(18)7-9-25(10-8-20)13-15-3-5-17(21)6-4-15/h3-6,12,14,18H,7-11,13H2,1-2H3. The maximum atomic E-state index is 13.1. The Labute approximate surface area is 153 Å². The Morgan fingerprint density at radius 1 is 1.19 bits per heavy atom. The van der Waals surface area contributed by atoms with Gasteiger partial charge in [-0.15, -0.1) is 0 Å². The van der Waals surface area contributed by atoms with Gasteiger partial charge in [0.05, 0.1) is 11.7 Å². The largest absolute Gasteiger partial charge is 0.339 e. The van der Waals surface area contributed by atoms with E-state index in [4.69, 9.17) is 0 Å². The van der Waals surface area contributed by atoms with Crippen LogP contribution in [0.4, 0.5) is 4.39 Å². The number of likely N-dealkylation sites (tertiary alicyclic amines) is 2. The first kappa shape index (κ1) is 17.2. The number of rotatable bonds is 3. The minimum absolute atomic E-state index is 0.112. The minimum Gasteiger partial charge on any atom is -0.339 e. The van der Waals surface area contributed by atoms with Crippen molar-refractivity contribution in [3.8, 4) is 0 Å². The number of nitrogens with zero attached hydrogens (tertiary/aromatic N) is 4. The Kier molecular flexibility index (Phi) is 4.31. The summed E-state index contributed by atoms with van der Waals surface area (Å²) in [5.41, 5.74) is 2.18. The number of amides is 1. The topological polar surface area (TPSA) is 41.4 Å². The summed E-state index contributed by atoms with van der Waals surface area (Å²) in [5.74, 6) is 0.240. The summed E-state index contributed by atoms with van der Waals surface area (Å²) < 4.78 is 14.9. The lowest BCUT2D eigenvalue weighted by atomic mass is 9.74. The van der Waals surface area contributed by atoms with E-state index in [1.807, 2.05) is 48.2 Å². The van der Waals surface area contributed by atoms with E-state index < -0.39 is 0 Å². The van der Waals surface area contributed by atoms with Gasteiger partial charge in [0.2, 0.25) is 5.91 Å². The average molecular weight is 356 g/mol. The number of halogens is 1. The molecule has 1 unspecified atom stereocenters. The molecule has 4 rings (SSSR count). The van der Waals surface area contributed by atoms with Crippen LogP contribution in [0.15, 0.2) is 36.7 Å². The molecule has 1 aromatic heterocycles. The van der Waals surface area contributed by atoms with Crippen LogP contribution in [0.2, 0.25) is 0 Å². The van der Waals surface area contributed by atoms with Crippen molar-refractivity contribution in [1.82, 2.24) is 19.6 Å². The molecule has 2 aliphatic heterocycles. The summed E-state index contributed by atoms with van der Waals surface area (Å²) in [6.45, 7) is 2.70. The first-order valence-electron chi connectivity index (χ1n) is 9.20. The third-order valence-electron chi connectivity index (χ3n) is 6.24. The fourth-order valence-corrected chi connectivity index (χ4v) is 4.66. The van der Waals surface area contributed by atoms with Gasteiger partial charge in [-0.05, 0) is 36.1 Å². The fraction of sp³-hybridized carbons (Fsp3) is 0.500. The molecule has 1 amide bonds. The van der Waals surface area contributed by atoms with Crippen LogP contribution in [0.1, 0.15) is 36.3 Å². The predicted molar refractivity (Wildman–Crippen MR) is 97.0 cm³/mol.